The molecule has 0 radical (unpaired) electrons. The van der Waals surface area contributed by atoms with Crippen LogP contribution in [0, 0.1) is 0 Å². The highest BCUT2D eigenvalue weighted by Crippen LogP contribution is 2.35. The maximum Gasteiger partial charge on any atom is 0.163 e. The monoisotopic (exact) mass is 264 g/mol. The average molecular weight is 265 g/mol. The normalized spacial score (nSPS) is 13.9. The van der Waals surface area contributed by atoms with Crippen molar-refractivity contribution < 1.29 is 9.47 Å². The molecule has 0 fully saturated rings. The van der Waals surface area contributed by atoms with Gasteiger partial charge in [-0.25, -0.2) is 4.98 Å². The number of benzene rings is 1. The van der Waals surface area contributed by atoms with Gasteiger partial charge in [0.2, 0.25) is 0 Å². The minimum absolute atomic E-state index is 0.504. The van der Waals surface area contributed by atoms with Gasteiger partial charge in [-0.15, -0.1) is 0 Å². The summed E-state index contributed by atoms with van der Waals surface area (Å²) < 4.78 is 11.1. The van der Waals surface area contributed by atoms with Gasteiger partial charge in [0.1, 0.15) is 18.4 Å². The maximum absolute atomic E-state index is 6.13. The van der Waals surface area contributed by atoms with E-state index in [1.54, 1.807) is 0 Å². The number of pyridine rings is 1. The maximum atomic E-state index is 6.13. The van der Waals surface area contributed by atoms with Crippen molar-refractivity contribution in [1.82, 2.24) is 4.98 Å². The fraction of sp³-hybridized carbons (Fsp3) is 0.308. The topological polar surface area (TPSA) is 57.4 Å². The molecule has 94 valence electrons. The third-order valence-electron chi connectivity index (χ3n) is 2.92. The lowest BCUT2D eigenvalue weighted by molar-refractivity contribution is 0.172. The van der Waals surface area contributed by atoms with E-state index in [1.807, 2.05) is 18.2 Å². The number of ether oxygens (including phenoxy) is 2. The van der Waals surface area contributed by atoms with Crippen LogP contribution in [-0.4, -0.2) is 24.7 Å². The van der Waals surface area contributed by atoms with E-state index in [1.165, 1.54) is 0 Å². The van der Waals surface area contributed by atoms with Gasteiger partial charge in [0.25, 0.3) is 0 Å². The third kappa shape index (κ3) is 1.98. The SMILES string of the molecule is NCCc1cc2cc3c(cc2nc1Cl)OCCO3. The Morgan fingerprint density at radius 2 is 1.89 bits per heavy atom. The van der Waals surface area contributed by atoms with Crippen molar-refractivity contribution >= 4 is 22.5 Å². The zero-order valence-electron chi connectivity index (χ0n) is 9.78. The number of rotatable bonds is 2. The van der Waals surface area contributed by atoms with Crippen LogP contribution in [0.3, 0.4) is 0 Å². The average Bonchev–Trinajstić information content (AvgIpc) is 2.38. The van der Waals surface area contributed by atoms with E-state index < -0.39 is 0 Å². The van der Waals surface area contributed by atoms with Crippen molar-refractivity contribution in [2.45, 2.75) is 6.42 Å². The van der Waals surface area contributed by atoms with Crippen LogP contribution in [0.2, 0.25) is 5.15 Å². The molecule has 0 aliphatic carbocycles. The number of aromatic nitrogens is 1. The summed E-state index contributed by atoms with van der Waals surface area (Å²) in [6.45, 7) is 1.70. The third-order valence-corrected chi connectivity index (χ3v) is 3.25. The smallest absolute Gasteiger partial charge is 0.163 e. The second-order valence-electron chi connectivity index (χ2n) is 4.17. The first-order valence-electron chi connectivity index (χ1n) is 5.87. The van der Waals surface area contributed by atoms with Gasteiger partial charge >= 0.3 is 0 Å². The summed E-state index contributed by atoms with van der Waals surface area (Å²) in [5.74, 6) is 1.49. The minimum atomic E-state index is 0.504. The summed E-state index contributed by atoms with van der Waals surface area (Å²) >= 11 is 6.13. The molecule has 0 unspecified atom stereocenters. The van der Waals surface area contributed by atoms with Crippen LogP contribution in [0.1, 0.15) is 5.56 Å². The Kier molecular flexibility index (Phi) is 2.97. The summed E-state index contributed by atoms with van der Waals surface area (Å²) in [6.07, 6.45) is 0.718. The standard InChI is InChI=1S/C13H13ClN2O2/c14-13-8(1-2-15)5-9-6-11-12(7-10(9)16-13)18-4-3-17-11/h5-7H,1-4,15H2. The molecule has 0 amide bonds. The van der Waals surface area contributed by atoms with E-state index in [9.17, 15) is 0 Å². The van der Waals surface area contributed by atoms with Crippen LogP contribution >= 0.6 is 11.6 Å². The van der Waals surface area contributed by atoms with Gasteiger partial charge < -0.3 is 15.2 Å². The Morgan fingerprint density at radius 1 is 1.17 bits per heavy atom. The molecular formula is C13H13ClN2O2. The lowest BCUT2D eigenvalue weighted by Gasteiger charge is -2.19. The van der Waals surface area contributed by atoms with Crippen LogP contribution in [0.15, 0.2) is 18.2 Å². The molecule has 1 aromatic carbocycles. The number of fused-ring (bicyclic) bond motifs is 2. The molecule has 0 saturated carbocycles. The first-order valence-corrected chi connectivity index (χ1v) is 6.24. The highest BCUT2D eigenvalue weighted by Gasteiger charge is 2.14. The number of halogens is 1. The van der Waals surface area contributed by atoms with Gasteiger partial charge in [-0.3, -0.25) is 0 Å². The summed E-state index contributed by atoms with van der Waals surface area (Å²) in [7, 11) is 0. The molecule has 1 aliphatic heterocycles. The number of hydrogen-bond acceptors (Lipinski definition) is 4. The van der Waals surface area contributed by atoms with Crippen molar-refractivity contribution in [2.75, 3.05) is 19.8 Å². The predicted octanol–water partition coefficient (Wildman–Crippen LogP) is 2.16. The summed E-state index contributed by atoms with van der Waals surface area (Å²) in [5.41, 5.74) is 7.32. The minimum Gasteiger partial charge on any atom is -0.486 e. The first kappa shape index (κ1) is 11.6. The van der Waals surface area contributed by atoms with Crippen molar-refractivity contribution in [1.29, 1.82) is 0 Å². The number of nitrogens with zero attached hydrogens (tertiary/aromatic N) is 1. The van der Waals surface area contributed by atoms with Crippen molar-refractivity contribution in [3.63, 3.8) is 0 Å². The summed E-state index contributed by atoms with van der Waals surface area (Å²) in [5, 5.41) is 1.50. The predicted molar refractivity (Wildman–Crippen MR) is 70.5 cm³/mol. The van der Waals surface area contributed by atoms with Crippen LogP contribution in [0.4, 0.5) is 0 Å². The Bertz CT molecular complexity index is 601. The summed E-state index contributed by atoms with van der Waals surface area (Å²) in [4.78, 5) is 4.38. The molecule has 1 aliphatic rings. The van der Waals surface area contributed by atoms with E-state index >= 15 is 0 Å². The Balaban J connectivity index is 2.15. The van der Waals surface area contributed by atoms with Crippen LogP contribution in [-0.2, 0) is 6.42 Å². The van der Waals surface area contributed by atoms with Crippen LogP contribution < -0.4 is 15.2 Å². The van der Waals surface area contributed by atoms with Gasteiger partial charge in [-0.2, -0.15) is 0 Å². The molecule has 2 aromatic rings. The molecular weight excluding hydrogens is 252 g/mol. The first-order chi connectivity index (χ1) is 8.78. The van der Waals surface area contributed by atoms with Gasteiger partial charge in [0, 0.05) is 11.5 Å². The van der Waals surface area contributed by atoms with E-state index in [0.29, 0.717) is 24.9 Å². The quantitative estimate of drug-likeness (QED) is 0.845. The molecule has 0 spiro atoms. The highest BCUT2D eigenvalue weighted by molar-refractivity contribution is 6.30. The number of nitrogens with two attached hydrogens (primary N) is 1. The molecule has 4 nitrogen and oxygen atoms in total. The Morgan fingerprint density at radius 3 is 2.61 bits per heavy atom. The Labute approximate surface area is 110 Å². The van der Waals surface area contributed by atoms with Crippen LogP contribution in [0.25, 0.3) is 10.9 Å². The van der Waals surface area contributed by atoms with E-state index in [4.69, 9.17) is 26.8 Å². The second kappa shape index (κ2) is 4.63. The van der Waals surface area contributed by atoms with E-state index in [-0.39, 0.29) is 0 Å². The molecule has 2 N–H and O–H groups in total. The van der Waals surface area contributed by atoms with Crippen LogP contribution in [0.5, 0.6) is 11.5 Å². The van der Waals surface area contributed by atoms with Crippen molar-refractivity contribution in [3.8, 4) is 11.5 Å². The fourth-order valence-corrected chi connectivity index (χ4v) is 2.30. The molecule has 3 rings (SSSR count). The fourth-order valence-electron chi connectivity index (χ4n) is 2.06. The van der Waals surface area contributed by atoms with Crippen molar-refractivity contribution in [2.24, 2.45) is 5.73 Å². The molecule has 0 saturated heterocycles. The van der Waals surface area contributed by atoms with E-state index in [0.717, 1.165) is 34.4 Å². The van der Waals surface area contributed by atoms with Crippen molar-refractivity contribution in [3.05, 3.63) is 28.9 Å². The van der Waals surface area contributed by atoms with Gasteiger partial charge in [-0.05, 0) is 30.7 Å². The molecule has 1 aromatic heterocycles. The zero-order chi connectivity index (χ0) is 12.5. The summed E-state index contributed by atoms with van der Waals surface area (Å²) in [6, 6.07) is 5.81. The van der Waals surface area contributed by atoms with Gasteiger partial charge in [0.05, 0.1) is 5.52 Å². The van der Waals surface area contributed by atoms with Gasteiger partial charge in [0.15, 0.2) is 11.5 Å². The lowest BCUT2D eigenvalue weighted by atomic mass is 10.1. The molecule has 18 heavy (non-hydrogen) atoms. The molecule has 0 atom stereocenters. The number of hydrogen-bond donors (Lipinski definition) is 1. The second-order valence-corrected chi connectivity index (χ2v) is 4.52. The van der Waals surface area contributed by atoms with E-state index in [2.05, 4.69) is 4.98 Å². The zero-order valence-corrected chi connectivity index (χ0v) is 10.5. The largest absolute Gasteiger partial charge is 0.486 e. The van der Waals surface area contributed by atoms with Gasteiger partial charge in [-0.1, -0.05) is 11.6 Å². The Hall–Kier alpha value is -1.52. The molecule has 2 heterocycles. The lowest BCUT2D eigenvalue weighted by Crippen LogP contribution is -2.15. The molecule has 0 bridgehead atoms. The molecule has 5 heteroatoms. The highest BCUT2D eigenvalue weighted by atomic mass is 35.5.